The fraction of sp³-hybridized carbons (Fsp3) is 0.625. The molecule has 0 heterocycles. The van der Waals surface area contributed by atoms with Gasteiger partial charge in [-0.25, -0.2) is 0 Å². The Morgan fingerprint density at radius 2 is 2.05 bits per heavy atom. The van der Waals surface area contributed by atoms with Crippen molar-refractivity contribution in [1.82, 2.24) is 5.32 Å². The first-order chi connectivity index (χ1) is 9.97. The lowest BCUT2D eigenvalue weighted by Gasteiger charge is -2.39. The first kappa shape index (κ1) is 16.3. The summed E-state index contributed by atoms with van der Waals surface area (Å²) in [7, 11) is 0. The van der Waals surface area contributed by atoms with Crippen LogP contribution in [0.4, 0.5) is 13.2 Å². The van der Waals surface area contributed by atoms with Gasteiger partial charge >= 0.3 is 6.18 Å². The number of halogens is 3. The van der Waals surface area contributed by atoms with E-state index in [1.165, 1.54) is 5.56 Å². The Balaban J connectivity index is 2.18. The summed E-state index contributed by atoms with van der Waals surface area (Å²) < 4.78 is 42.1. The molecule has 0 saturated carbocycles. The zero-order chi connectivity index (χ0) is 15.3. The highest BCUT2D eigenvalue weighted by molar-refractivity contribution is 5.37. The van der Waals surface area contributed by atoms with Crippen molar-refractivity contribution in [3.05, 3.63) is 35.4 Å². The van der Waals surface area contributed by atoms with E-state index in [4.69, 9.17) is 4.74 Å². The van der Waals surface area contributed by atoms with Gasteiger partial charge in [-0.3, -0.25) is 0 Å². The molecule has 0 spiro atoms. The fourth-order valence-electron chi connectivity index (χ4n) is 3.12. The second kappa shape index (κ2) is 6.79. The number of fused-ring (bicyclic) bond motifs is 1. The third-order valence-electron chi connectivity index (χ3n) is 4.05. The second-order valence-corrected chi connectivity index (χ2v) is 5.68. The summed E-state index contributed by atoms with van der Waals surface area (Å²) in [6, 6.07) is 8.04. The molecule has 1 atom stereocenters. The topological polar surface area (TPSA) is 21.3 Å². The highest BCUT2D eigenvalue weighted by Crippen LogP contribution is 2.37. The zero-order valence-corrected chi connectivity index (χ0v) is 12.3. The molecule has 1 aromatic carbocycles. The SMILES string of the molecule is CCNCC1(COCC(F)(F)F)CCCc2ccccc21. The van der Waals surface area contributed by atoms with E-state index in [-0.39, 0.29) is 12.0 Å². The molecule has 1 aliphatic carbocycles. The molecule has 0 bridgehead atoms. The number of likely N-dealkylation sites (N-methyl/N-ethyl adjacent to an activating group) is 1. The number of ether oxygens (including phenoxy) is 1. The number of benzene rings is 1. The van der Waals surface area contributed by atoms with Gasteiger partial charge in [0.15, 0.2) is 0 Å². The van der Waals surface area contributed by atoms with Gasteiger partial charge in [0.2, 0.25) is 0 Å². The monoisotopic (exact) mass is 301 g/mol. The normalized spacial score (nSPS) is 22.1. The summed E-state index contributed by atoms with van der Waals surface area (Å²) in [5.74, 6) is 0. The molecule has 21 heavy (non-hydrogen) atoms. The van der Waals surface area contributed by atoms with Crippen molar-refractivity contribution in [2.75, 3.05) is 26.3 Å². The Labute approximate surface area is 123 Å². The summed E-state index contributed by atoms with van der Waals surface area (Å²) in [5.41, 5.74) is 2.02. The Bertz CT molecular complexity index is 461. The summed E-state index contributed by atoms with van der Waals surface area (Å²) >= 11 is 0. The number of aryl methyl sites for hydroxylation is 1. The minimum absolute atomic E-state index is 0.108. The predicted octanol–water partition coefficient (Wildman–Crippen LogP) is 3.45. The van der Waals surface area contributed by atoms with Gasteiger partial charge < -0.3 is 10.1 Å². The largest absolute Gasteiger partial charge is 0.411 e. The highest BCUT2D eigenvalue weighted by atomic mass is 19.4. The smallest absolute Gasteiger partial charge is 0.371 e. The molecule has 0 fully saturated rings. The van der Waals surface area contributed by atoms with Crippen LogP contribution in [-0.4, -0.2) is 32.5 Å². The standard InChI is InChI=1S/C16H22F3NO/c1-2-20-10-15(11-21-12-16(17,18)19)9-5-7-13-6-3-4-8-14(13)15/h3-4,6,8,20H,2,5,7,9-12H2,1H3. The highest BCUT2D eigenvalue weighted by Gasteiger charge is 2.38. The fourth-order valence-corrected chi connectivity index (χ4v) is 3.12. The van der Waals surface area contributed by atoms with E-state index in [0.717, 1.165) is 31.4 Å². The second-order valence-electron chi connectivity index (χ2n) is 5.68. The first-order valence-corrected chi connectivity index (χ1v) is 7.40. The molecule has 118 valence electrons. The van der Waals surface area contributed by atoms with Gasteiger partial charge in [0.25, 0.3) is 0 Å². The molecule has 5 heteroatoms. The van der Waals surface area contributed by atoms with Crippen LogP contribution in [0.15, 0.2) is 24.3 Å². The Kier molecular flexibility index (Phi) is 5.27. The van der Waals surface area contributed by atoms with Gasteiger partial charge in [0, 0.05) is 12.0 Å². The van der Waals surface area contributed by atoms with E-state index in [1.54, 1.807) is 0 Å². The molecular formula is C16H22F3NO. The van der Waals surface area contributed by atoms with E-state index in [2.05, 4.69) is 11.4 Å². The summed E-state index contributed by atoms with van der Waals surface area (Å²) in [6.45, 7) is 2.38. The van der Waals surface area contributed by atoms with Crippen LogP contribution >= 0.6 is 0 Å². The summed E-state index contributed by atoms with van der Waals surface area (Å²) in [5, 5.41) is 3.29. The predicted molar refractivity (Wildman–Crippen MR) is 76.5 cm³/mol. The van der Waals surface area contributed by atoms with E-state index in [9.17, 15) is 13.2 Å². The molecule has 0 aliphatic heterocycles. The lowest BCUT2D eigenvalue weighted by Crippen LogP contribution is -2.45. The molecule has 1 aliphatic rings. The van der Waals surface area contributed by atoms with E-state index >= 15 is 0 Å². The Morgan fingerprint density at radius 1 is 1.29 bits per heavy atom. The molecule has 0 saturated heterocycles. The van der Waals surface area contributed by atoms with Crippen LogP contribution in [0.1, 0.15) is 30.9 Å². The average molecular weight is 301 g/mol. The third-order valence-corrected chi connectivity index (χ3v) is 4.05. The number of hydrogen-bond acceptors (Lipinski definition) is 2. The zero-order valence-electron chi connectivity index (χ0n) is 12.3. The van der Waals surface area contributed by atoms with Gasteiger partial charge in [0.1, 0.15) is 6.61 Å². The van der Waals surface area contributed by atoms with Crippen LogP contribution in [0.5, 0.6) is 0 Å². The van der Waals surface area contributed by atoms with E-state index in [0.29, 0.717) is 6.54 Å². The van der Waals surface area contributed by atoms with Crippen LogP contribution in [0.25, 0.3) is 0 Å². The summed E-state index contributed by atoms with van der Waals surface area (Å²) in [4.78, 5) is 0. The van der Waals surface area contributed by atoms with Crippen LogP contribution in [-0.2, 0) is 16.6 Å². The number of nitrogens with one attached hydrogen (secondary N) is 1. The van der Waals surface area contributed by atoms with Crippen molar-refractivity contribution in [2.24, 2.45) is 0 Å². The first-order valence-electron chi connectivity index (χ1n) is 7.40. The van der Waals surface area contributed by atoms with E-state index < -0.39 is 12.8 Å². The molecule has 1 aromatic rings. The number of rotatable bonds is 6. The van der Waals surface area contributed by atoms with E-state index in [1.807, 2.05) is 25.1 Å². The molecule has 0 radical (unpaired) electrons. The molecular weight excluding hydrogens is 279 g/mol. The maximum atomic E-state index is 12.3. The van der Waals surface area contributed by atoms with Gasteiger partial charge in [-0.15, -0.1) is 0 Å². The number of hydrogen-bond donors (Lipinski definition) is 1. The minimum atomic E-state index is -4.27. The maximum Gasteiger partial charge on any atom is 0.411 e. The van der Waals surface area contributed by atoms with Crippen molar-refractivity contribution < 1.29 is 17.9 Å². The van der Waals surface area contributed by atoms with Crippen LogP contribution in [0, 0.1) is 0 Å². The number of alkyl halides is 3. The van der Waals surface area contributed by atoms with Crippen molar-refractivity contribution in [3.8, 4) is 0 Å². The maximum absolute atomic E-state index is 12.3. The van der Waals surface area contributed by atoms with Gasteiger partial charge in [-0.2, -0.15) is 13.2 Å². The lowest BCUT2D eigenvalue weighted by molar-refractivity contribution is -0.178. The lowest BCUT2D eigenvalue weighted by atomic mass is 9.70. The molecule has 1 N–H and O–H groups in total. The molecule has 0 amide bonds. The Morgan fingerprint density at radius 3 is 2.76 bits per heavy atom. The minimum Gasteiger partial charge on any atom is -0.371 e. The molecule has 2 rings (SSSR count). The van der Waals surface area contributed by atoms with Crippen LogP contribution < -0.4 is 5.32 Å². The molecule has 1 unspecified atom stereocenters. The van der Waals surface area contributed by atoms with Crippen molar-refractivity contribution in [3.63, 3.8) is 0 Å². The molecule has 2 nitrogen and oxygen atoms in total. The van der Waals surface area contributed by atoms with Crippen molar-refractivity contribution in [2.45, 2.75) is 37.8 Å². The third kappa shape index (κ3) is 4.20. The Hall–Kier alpha value is -1.07. The molecule has 0 aromatic heterocycles. The quantitative estimate of drug-likeness (QED) is 0.869. The summed E-state index contributed by atoms with van der Waals surface area (Å²) in [6.07, 6.45) is -1.44. The van der Waals surface area contributed by atoms with Crippen molar-refractivity contribution in [1.29, 1.82) is 0 Å². The average Bonchev–Trinajstić information content (AvgIpc) is 2.44. The van der Waals surface area contributed by atoms with Crippen LogP contribution in [0.2, 0.25) is 0 Å². The van der Waals surface area contributed by atoms with Gasteiger partial charge in [-0.1, -0.05) is 31.2 Å². The van der Waals surface area contributed by atoms with Gasteiger partial charge in [-0.05, 0) is 36.9 Å². The van der Waals surface area contributed by atoms with Crippen molar-refractivity contribution >= 4 is 0 Å². The van der Waals surface area contributed by atoms with Gasteiger partial charge in [0.05, 0.1) is 6.61 Å². The van der Waals surface area contributed by atoms with Crippen LogP contribution in [0.3, 0.4) is 0 Å².